The van der Waals surface area contributed by atoms with E-state index in [2.05, 4.69) is 0 Å². The van der Waals surface area contributed by atoms with Crippen molar-refractivity contribution in [2.45, 2.75) is 17.7 Å². The summed E-state index contributed by atoms with van der Waals surface area (Å²) in [5.41, 5.74) is -0.421. The normalized spacial score (nSPS) is 14.7. The minimum absolute atomic E-state index is 0.00197. The van der Waals surface area contributed by atoms with Gasteiger partial charge in [-0.15, -0.1) is 0 Å². The molecule has 0 amide bonds. The minimum atomic E-state index is -3.76. The van der Waals surface area contributed by atoms with E-state index in [1.54, 1.807) is 12.1 Å². The van der Waals surface area contributed by atoms with Gasteiger partial charge in [0.1, 0.15) is 19.0 Å². The molecule has 3 rings (SSSR count). The molecule has 0 aliphatic carbocycles. The summed E-state index contributed by atoms with van der Waals surface area (Å²) in [5.74, 6) is 0.363. The fraction of sp³-hybridized carbons (Fsp3) is 0.333. The summed E-state index contributed by atoms with van der Waals surface area (Å²) in [5, 5.41) is 12.2. The molecule has 2 aromatic carbocycles. The average Bonchev–Trinajstić information content (AvgIpc) is 3.22. The van der Waals surface area contributed by atoms with Crippen molar-refractivity contribution in [1.82, 2.24) is 4.31 Å². The second-order valence-electron chi connectivity index (χ2n) is 6.27. The van der Waals surface area contributed by atoms with Crippen LogP contribution in [-0.4, -0.2) is 43.9 Å². The third-order valence-electron chi connectivity index (χ3n) is 4.32. The van der Waals surface area contributed by atoms with E-state index in [0.717, 1.165) is 18.9 Å². The number of ether oxygens (including phenoxy) is 2. The Morgan fingerprint density at radius 1 is 1.00 bits per heavy atom. The molecule has 0 spiro atoms. The monoisotopic (exact) mass is 460 g/mol. The predicted molar refractivity (Wildman–Crippen MR) is 109 cm³/mol. The Kier molecular flexibility index (Phi) is 6.84. The van der Waals surface area contributed by atoms with Crippen LogP contribution in [0.2, 0.25) is 10.0 Å². The zero-order valence-electron chi connectivity index (χ0n) is 15.2. The molecule has 1 saturated heterocycles. The molecule has 1 heterocycles. The minimum Gasteiger partial charge on any atom is -0.488 e. The van der Waals surface area contributed by atoms with Crippen LogP contribution in [0.15, 0.2) is 41.3 Å². The van der Waals surface area contributed by atoms with Gasteiger partial charge in [-0.05, 0) is 43.2 Å². The molecule has 0 unspecified atom stereocenters. The number of rotatable bonds is 8. The SMILES string of the molecule is O=[N+]([O-])c1cc(S(=O)(=O)N2CCCC2)ccc1OCCOc1ccc(Cl)cc1Cl. The number of benzene rings is 2. The molecule has 0 saturated carbocycles. The van der Waals surface area contributed by atoms with Crippen LogP contribution in [0.3, 0.4) is 0 Å². The summed E-state index contributed by atoms with van der Waals surface area (Å²) in [7, 11) is -3.76. The van der Waals surface area contributed by atoms with E-state index < -0.39 is 20.6 Å². The van der Waals surface area contributed by atoms with Crippen molar-refractivity contribution in [1.29, 1.82) is 0 Å². The largest absolute Gasteiger partial charge is 0.488 e. The van der Waals surface area contributed by atoms with Crippen molar-refractivity contribution in [3.05, 3.63) is 56.6 Å². The van der Waals surface area contributed by atoms with Gasteiger partial charge in [0, 0.05) is 24.2 Å². The summed E-state index contributed by atoms with van der Waals surface area (Å²) >= 11 is 11.8. The Balaban J connectivity index is 1.68. The van der Waals surface area contributed by atoms with E-state index in [-0.39, 0.29) is 23.9 Å². The zero-order chi connectivity index (χ0) is 21.0. The van der Waals surface area contributed by atoms with Crippen molar-refractivity contribution in [3.63, 3.8) is 0 Å². The Morgan fingerprint density at radius 3 is 2.24 bits per heavy atom. The van der Waals surface area contributed by atoms with Gasteiger partial charge in [0.2, 0.25) is 10.0 Å². The zero-order valence-corrected chi connectivity index (χ0v) is 17.5. The molecule has 8 nitrogen and oxygen atoms in total. The van der Waals surface area contributed by atoms with Crippen LogP contribution in [-0.2, 0) is 10.0 Å². The molecule has 0 atom stereocenters. The first-order valence-electron chi connectivity index (χ1n) is 8.78. The van der Waals surface area contributed by atoms with Crippen molar-refractivity contribution in [2.75, 3.05) is 26.3 Å². The van der Waals surface area contributed by atoms with Gasteiger partial charge in [0.05, 0.1) is 14.8 Å². The van der Waals surface area contributed by atoms with Gasteiger partial charge in [0.25, 0.3) is 0 Å². The van der Waals surface area contributed by atoms with Gasteiger partial charge < -0.3 is 9.47 Å². The van der Waals surface area contributed by atoms with E-state index in [9.17, 15) is 18.5 Å². The van der Waals surface area contributed by atoms with Gasteiger partial charge in [-0.3, -0.25) is 10.1 Å². The van der Waals surface area contributed by atoms with Crippen LogP contribution >= 0.6 is 23.2 Å². The van der Waals surface area contributed by atoms with Gasteiger partial charge >= 0.3 is 5.69 Å². The van der Waals surface area contributed by atoms with E-state index in [1.807, 2.05) is 0 Å². The maximum absolute atomic E-state index is 12.6. The smallest absolute Gasteiger partial charge is 0.312 e. The maximum Gasteiger partial charge on any atom is 0.312 e. The number of hydrogen-bond donors (Lipinski definition) is 0. The topological polar surface area (TPSA) is 99.0 Å². The number of halogens is 2. The fourth-order valence-corrected chi connectivity index (χ4v) is 4.90. The van der Waals surface area contributed by atoms with Crippen molar-refractivity contribution >= 4 is 38.9 Å². The van der Waals surface area contributed by atoms with Crippen molar-refractivity contribution in [3.8, 4) is 11.5 Å². The molecule has 0 bridgehead atoms. The Hall–Kier alpha value is -2.07. The van der Waals surface area contributed by atoms with E-state index >= 15 is 0 Å². The molecule has 1 fully saturated rings. The van der Waals surface area contributed by atoms with Gasteiger partial charge in [-0.1, -0.05) is 23.2 Å². The fourth-order valence-electron chi connectivity index (χ4n) is 2.90. The molecular formula is C18H18Cl2N2O6S. The number of nitrogens with zero attached hydrogens (tertiary/aromatic N) is 2. The molecule has 1 aliphatic rings. The quantitative estimate of drug-likeness (QED) is 0.333. The molecule has 11 heteroatoms. The van der Waals surface area contributed by atoms with Crippen LogP contribution in [0.25, 0.3) is 0 Å². The molecule has 29 heavy (non-hydrogen) atoms. The van der Waals surface area contributed by atoms with Gasteiger partial charge in [-0.2, -0.15) is 4.31 Å². The lowest BCUT2D eigenvalue weighted by Gasteiger charge is -2.16. The number of nitro benzene ring substituents is 1. The number of hydrogen-bond acceptors (Lipinski definition) is 6. The summed E-state index contributed by atoms with van der Waals surface area (Å²) in [4.78, 5) is 10.6. The average molecular weight is 461 g/mol. The van der Waals surface area contributed by atoms with E-state index in [1.165, 1.54) is 22.5 Å². The molecule has 2 aromatic rings. The predicted octanol–water partition coefficient (Wildman–Crippen LogP) is 4.14. The van der Waals surface area contributed by atoms with Gasteiger partial charge in [0.15, 0.2) is 5.75 Å². The molecule has 0 aromatic heterocycles. The van der Waals surface area contributed by atoms with Crippen LogP contribution in [0.4, 0.5) is 5.69 Å². The Labute approximate surface area is 178 Å². The van der Waals surface area contributed by atoms with Crippen LogP contribution in [0.5, 0.6) is 11.5 Å². The lowest BCUT2D eigenvalue weighted by atomic mass is 10.3. The first-order chi connectivity index (χ1) is 13.8. The second-order valence-corrected chi connectivity index (χ2v) is 9.05. The summed E-state index contributed by atoms with van der Waals surface area (Å²) < 4.78 is 37.5. The third-order valence-corrected chi connectivity index (χ3v) is 6.75. The number of nitro groups is 1. The lowest BCUT2D eigenvalue weighted by Crippen LogP contribution is -2.27. The molecule has 0 N–H and O–H groups in total. The maximum atomic E-state index is 12.6. The molecule has 0 radical (unpaired) electrons. The van der Waals surface area contributed by atoms with E-state index in [4.69, 9.17) is 32.7 Å². The Bertz CT molecular complexity index is 1010. The van der Waals surface area contributed by atoms with E-state index in [0.29, 0.717) is 28.9 Å². The highest BCUT2D eigenvalue weighted by Crippen LogP contribution is 2.32. The lowest BCUT2D eigenvalue weighted by molar-refractivity contribution is -0.386. The van der Waals surface area contributed by atoms with Crippen LogP contribution in [0.1, 0.15) is 12.8 Å². The molecular weight excluding hydrogens is 443 g/mol. The van der Waals surface area contributed by atoms with Crippen molar-refractivity contribution in [2.24, 2.45) is 0 Å². The highest BCUT2D eigenvalue weighted by atomic mass is 35.5. The summed E-state index contributed by atoms with van der Waals surface area (Å²) in [6.45, 7) is 0.905. The van der Waals surface area contributed by atoms with Crippen LogP contribution < -0.4 is 9.47 Å². The molecule has 1 aliphatic heterocycles. The molecule has 156 valence electrons. The first kappa shape index (κ1) is 21.6. The van der Waals surface area contributed by atoms with Crippen molar-refractivity contribution < 1.29 is 22.8 Å². The summed E-state index contributed by atoms with van der Waals surface area (Å²) in [6, 6.07) is 8.38. The van der Waals surface area contributed by atoms with Gasteiger partial charge in [-0.25, -0.2) is 8.42 Å². The first-order valence-corrected chi connectivity index (χ1v) is 11.0. The second kappa shape index (κ2) is 9.17. The van der Waals surface area contributed by atoms with Crippen LogP contribution in [0, 0.1) is 10.1 Å². The summed E-state index contributed by atoms with van der Waals surface area (Å²) in [6.07, 6.45) is 1.56. The Morgan fingerprint density at radius 2 is 1.62 bits per heavy atom. The third kappa shape index (κ3) is 5.11. The number of sulfonamides is 1. The highest BCUT2D eigenvalue weighted by Gasteiger charge is 2.29. The standard InChI is InChI=1S/C18H18Cl2N2O6S/c19-13-3-5-17(15(20)11-13)27-9-10-28-18-6-4-14(12-16(18)22(23)24)29(25,26)21-7-1-2-8-21/h3-6,11-12H,1-2,7-10H2. The highest BCUT2D eigenvalue weighted by molar-refractivity contribution is 7.89.